The molecule has 1 aromatic carbocycles. The molecule has 4 nitrogen and oxygen atoms in total. The van der Waals surface area contributed by atoms with E-state index < -0.39 is 0 Å². The Kier molecular flexibility index (Phi) is 1.81. The van der Waals surface area contributed by atoms with Gasteiger partial charge in [0.15, 0.2) is 0 Å². The summed E-state index contributed by atoms with van der Waals surface area (Å²) in [5, 5.41) is 7.77. The molecule has 3 N–H and O–H groups in total. The number of benzene rings is 1. The maximum absolute atomic E-state index is 5.77. The Balaban J connectivity index is 2.56. The quantitative estimate of drug-likeness (QED) is 0.684. The summed E-state index contributed by atoms with van der Waals surface area (Å²) in [6, 6.07) is 3.71. The van der Waals surface area contributed by atoms with Crippen molar-refractivity contribution in [2.24, 2.45) is 0 Å². The fraction of sp³-hybridized carbons (Fsp3) is 0.222. The van der Waals surface area contributed by atoms with Crippen molar-refractivity contribution in [3.63, 3.8) is 0 Å². The minimum atomic E-state index is 0.615. The minimum Gasteiger partial charge on any atom is -0.492 e. The first kappa shape index (κ1) is 7.91. The van der Waals surface area contributed by atoms with E-state index in [0.717, 1.165) is 10.9 Å². The Labute approximate surface area is 75.7 Å². The first-order valence-electron chi connectivity index (χ1n) is 4.16. The molecule has 0 aliphatic rings. The van der Waals surface area contributed by atoms with Crippen molar-refractivity contribution in [2.75, 3.05) is 12.3 Å². The van der Waals surface area contributed by atoms with Crippen LogP contribution in [0.15, 0.2) is 18.3 Å². The third-order valence-corrected chi connectivity index (χ3v) is 1.87. The molecule has 0 aliphatic carbocycles. The topological polar surface area (TPSA) is 63.9 Å². The first-order valence-corrected chi connectivity index (χ1v) is 4.16. The van der Waals surface area contributed by atoms with Gasteiger partial charge in [-0.15, -0.1) is 0 Å². The van der Waals surface area contributed by atoms with E-state index in [-0.39, 0.29) is 0 Å². The summed E-state index contributed by atoms with van der Waals surface area (Å²) < 4.78 is 5.34. The van der Waals surface area contributed by atoms with Crippen molar-refractivity contribution in [1.82, 2.24) is 10.2 Å². The molecule has 0 saturated heterocycles. The molecule has 1 aromatic heterocycles. The van der Waals surface area contributed by atoms with Gasteiger partial charge in [0.1, 0.15) is 5.75 Å². The van der Waals surface area contributed by atoms with Crippen molar-refractivity contribution >= 4 is 16.6 Å². The number of hydrogen-bond donors (Lipinski definition) is 2. The molecule has 0 bridgehead atoms. The summed E-state index contributed by atoms with van der Waals surface area (Å²) in [5.41, 5.74) is 7.36. The number of fused-ring (bicyclic) bond motifs is 1. The Bertz CT molecular complexity index is 422. The molecule has 2 aromatic rings. The van der Waals surface area contributed by atoms with E-state index in [4.69, 9.17) is 10.5 Å². The Morgan fingerprint density at radius 1 is 1.54 bits per heavy atom. The van der Waals surface area contributed by atoms with Crippen LogP contribution in [0.1, 0.15) is 6.92 Å². The lowest BCUT2D eigenvalue weighted by molar-refractivity contribution is 0.342. The zero-order valence-corrected chi connectivity index (χ0v) is 7.37. The number of hydrogen-bond acceptors (Lipinski definition) is 3. The fourth-order valence-corrected chi connectivity index (χ4v) is 1.27. The van der Waals surface area contributed by atoms with Crippen LogP contribution in [0, 0.1) is 0 Å². The SMILES string of the molecule is CCOc1cc2[nH]ncc2cc1N. The number of H-pyrrole nitrogens is 1. The van der Waals surface area contributed by atoms with Crippen LogP contribution >= 0.6 is 0 Å². The molecule has 68 valence electrons. The summed E-state index contributed by atoms with van der Waals surface area (Å²) >= 11 is 0. The second-order valence-electron chi connectivity index (χ2n) is 2.78. The molecule has 4 heteroatoms. The molecule has 0 unspecified atom stereocenters. The lowest BCUT2D eigenvalue weighted by Crippen LogP contribution is -1.96. The van der Waals surface area contributed by atoms with Crippen LogP contribution in [0.4, 0.5) is 5.69 Å². The zero-order valence-electron chi connectivity index (χ0n) is 7.37. The second kappa shape index (κ2) is 2.97. The van der Waals surface area contributed by atoms with Crippen molar-refractivity contribution in [2.45, 2.75) is 6.92 Å². The van der Waals surface area contributed by atoms with E-state index in [1.165, 1.54) is 0 Å². The highest BCUT2D eigenvalue weighted by Crippen LogP contribution is 2.26. The average molecular weight is 177 g/mol. The van der Waals surface area contributed by atoms with E-state index >= 15 is 0 Å². The van der Waals surface area contributed by atoms with Crippen LogP contribution in [0.5, 0.6) is 5.75 Å². The van der Waals surface area contributed by atoms with Gasteiger partial charge in [0, 0.05) is 11.5 Å². The van der Waals surface area contributed by atoms with Crippen LogP contribution in [0.25, 0.3) is 10.9 Å². The van der Waals surface area contributed by atoms with Gasteiger partial charge in [-0.3, -0.25) is 5.10 Å². The van der Waals surface area contributed by atoms with Crippen LogP contribution in [-0.2, 0) is 0 Å². The number of nitrogens with one attached hydrogen (secondary N) is 1. The molecule has 0 fully saturated rings. The molecule has 13 heavy (non-hydrogen) atoms. The van der Waals surface area contributed by atoms with Crippen LogP contribution < -0.4 is 10.5 Å². The lowest BCUT2D eigenvalue weighted by atomic mass is 10.2. The molecule has 2 rings (SSSR count). The van der Waals surface area contributed by atoms with E-state index in [1.54, 1.807) is 6.20 Å². The Morgan fingerprint density at radius 3 is 3.15 bits per heavy atom. The smallest absolute Gasteiger partial charge is 0.144 e. The van der Waals surface area contributed by atoms with Gasteiger partial charge in [-0.1, -0.05) is 0 Å². The number of aromatic amines is 1. The predicted octanol–water partition coefficient (Wildman–Crippen LogP) is 1.54. The fourth-order valence-electron chi connectivity index (χ4n) is 1.27. The average Bonchev–Trinajstić information content (AvgIpc) is 2.52. The molecule has 0 amide bonds. The lowest BCUT2D eigenvalue weighted by Gasteiger charge is -2.05. The van der Waals surface area contributed by atoms with Crippen LogP contribution in [-0.4, -0.2) is 16.8 Å². The number of nitrogen functional groups attached to an aromatic ring is 1. The number of rotatable bonds is 2. The standard InChI is InChI=1S/C9H11N3O/c1-2-13-9-4-8-6(3-7(9)10)5-11-12-8/h3-5H,2,10H2,1H3,(H,11,12). The second-order valence-corrected chi connectivity index (χ2v) is 2.78. The number of nitrogens with zero attached hydrogens (tertiary/aromatic N) is 1. The number of nitrogens with two attached hydrogens (primary N) is 1. The van der Waals surface area contributed by atoms with Crippen molar-refractivity contribution in [1.29, 1.82) is 0 Å². The van der Waals surface area contributed by atoms with Gasteiger partial charge in [-0.05, 0) is 13.0 Å². The van der Waals surface area contributed by atoms with E-state index in [2.05, 4.69) is 10.2 Å². The maximum Gasteiger partial charge on any atom is 0.144 e. The summed E-state index contributed by atoms with van der Waals surface area (Å²) in [6.45, 7) is 2.54. The van der Waals surface area contributed by atoms with E-state index in [9.17, 15) is 0 Å². The van der Waals surface area contributed by atoms with Gasteiger partial charge in [-0.25, -0.2) is 0 Å². The number of aromatic nitrogens is 2. The van der Waals surface area contributed by atoms with Gasteiger partial charge in [0.25, 0.3) is 0 Å². The Hall–Kier alpha value is -1.71. The number of anilines is 1. The molecular formula is C9H11N3O. The third-order valence-electron chi connectivity index (χ3n) is 1.87. The van der Waals surface area contributed by atoms with E-state index in [0.29, 0.717) is 18.0 Å². The molecule has 0 spiro atoms. The third kappa shape index (κ3) is 1.30. The minimum absolute atomic E-state index is 0.615. The summed E-state index contributed by atoms with van der Waals surface area (Å²) in [7, 11) is 0. The van der Waals surface area contributed by atoms with Gasteiger partial charge in [-0.2, -0.15) is 5.10 Å². The monoisotopic (exact) mass is 177 g/mol. The normalized spacial score (nSPS) is 10.5. The van der Waals surface area contributed by atoms with Crippen molar-refractivity contribution in [3.05, 3.63) is 18.3 Å². The molecule has 0 saturated carbocycles. The van der Waals surface area contributed by atoms with Crippen LogP contribution in [0.2, 0.25) is 0 Å². The number of ether oxygens (including phenoxy) is 1. The highest BCUT2D eigenvalue weighted by Gasteiger charge is 2.03. The Morgan fingerprint density at radius 2 is 2.38 bits per heavy atom. The van der Waals surface area contributed by atoms with E-state index in [1.807, 2.05) is 19.1 Å². The van der Waals surface area contributed by atoms with Gasteiger partial charge < -0.3 is 10.5 Å². The summed E-state index contributed by atoms with van der Waals surface area (Å²) in [5.74, 6) is 0.708. The highest BCUT2D eigenvalue weighted by molar-refractivity contribution is 5.84. The van der Waals surface area contributed by atoms with Crippen molar-refractivity contribution in [3.8, 4) is 5.75 Å². The first-order chi connectivity index (χ1) is 6.31. The summed E-state index contributed by atoms with van der Waals surface area (Å²) in [4.78, 5) is 0. The predicted molar refractivity (Wildman–Crippen MR) is 51.7 cm³/mol. The molecule has 1 heterocycles. The molecular weight excluding hydrogens is 166 g/mol. The largest absolute Gasteiger partial charge is 0.492 e. The molecule has 0 aliphatic heterocycles. The summed E-state index contributed by atoms with van der Waals surface area (Å²) in [6.07, 6.45) is 1.74. The molecule has 0 atom stereocenters. The van der Waals surface area contributed by atoms with Gasteiger partial charge in [0.05, 0.1) is 24.0 Å². The van der Waals surface area contributed by atoms with Gasteiger partial charge >= 0.3 is 0 Å². The van der Waals surface area contributed by atoms with Crippen LogP contribution in [0.3, 0.4) is 0 Å². The highest BCUT2D eigenvalue weighted by atomic mass is 16.5. The molecule has 0 radical (unpaired) electrons. The maximum atomic E-state index is 5.77. The van der Waals surface area contributed by atoms with Gasteiger partial charge in [0.2, 0.25) is 0 Å². The zero-order chi connectivity index (χ0) is 9.26. The van der Waals surface area contributed by atoms with Crippen molar-refractivity contribution < 1.29 is 4.74 Å².